The molecule has 4 rings (SSSR count). The fraction of sp³-hybridized carbons (Fsp3) is 0.448. The van der Waals surface area contributed by atoms with E-state index in [1.807, 2.05) is 36.5 Å². The molecule has 1 aliphatic rings. The summed E-state index contributed by atoms with van der Waals surface area (Å²) >= 11 is 0. The number of unbranched alkanes of at least 4 members (excludes halogenated alkanes) is 1. The van der Waals surface area contributed by atoms with Crippen LogP contribution < -0.4 is 4.74 Å². The Morgan fingerprint density at radius 3 is 2.74 bits per heavy atom. The molecule has 0 spiro atoms. The second-order valence-corrected chi connectivity index (χ2v) is 9.59. The van der Waals surface area contributed by atoms with Gasteiger partial charge in [-0.1, -0.05) is 18.2 Å². The number of fused-ring (bicyclic) bond motifs is 1. The Kier molecular flexibility index (Phi) is 8.69. The molecule has 1 saturated heterocycles. The molecule has 186 valence electrons. The number of methoxy groups -OCH3 is 1. The zero-order valence-electron chi connectivity index (χ0n) is 20.5. The molecule has 0 aliphatic carbocycles. The topological polar surface area (TPSA) is 62.7 Å². The third kappa shape index (κ3) is 6.57. The maximum atomic E-state index is 13.8. The maximum absolute atomic E-state index is 13.8. The average molecular weight is 479 g/mol. The summed E-state index contributed by atoms with van der Waals surface area (Å²) in [6, 6.07) is 14.9. The summed E-state index contributed by atoms with van der Waals surface area (Å²) in [6.45, 7) is 2.41. The largest absolute Gasteiger partial charge is 0.497 e. The molecule has 0 saturated carbocycles. The standard InChI is InChI=1S/C29H35FN2O3/c1-35-24-12-13-28-25(19-24)21(14-16-31-28)9-6-10-22-15-18-32(20-26(22)29(33)34)17-5-4-8-23-7-2-3-11-27(23)30/h2-3,7,11-14,16,19,22,26H,4-6,8-10,15,17-18,20H2,1H3,(H,33,34)/t22-,26+/m1/s1. The molecule has 2 aromatic carbocycles. The summed E-state index contributed by atoms with van der Waals surface area (Å²) in [4.78, 5) is 18.8. The number of hydrogen-bond acceptors (Lipinski definition) is 4. The van der Waals surface area contributed by atoms with Gasteiger partial charge in [0.2, 0.25) is 0 Å². The van der Waals surface area contributed by atoms with E-state index in [0.717, 1.165) is 80.3 Å². The maximum Gasteiger partial charge on any atom is 0.308 e. The van der Waals surface area contributed by atoms with Gasteiger partial charge < -0.3 is 14.7 Å². The van der Waals surface area contributed by atoms with Crippen LogP contribution in [-0.4, -0.2) is 47.7 Å². The number of piperidine rings is 1. The Bertz CT molecular complexity index is 1140. The summed E-state index contributed by atoms with van der Waals surface area (Å²) in [5.41, 5.74) is 2.94. The van der Waals surface area contributed by atoms with Gasteiger partial charge in [0, 0.05) is 18.1 Å². The number of benzene rings is 2. The molecule has 0 unspecified atom stereocenters. The molecular formula is C29H35FN2O3. The lowest BCUT2D eigenvalue weighted by Crippen LogP contribution is -2.44. The number of nitrogens with zero attached hydrogens (tertiary/aromatic N) is 2. The molecular weight excluding hydrogens is 443 g/mol. The molecule has 1 fully saturated rings. The van der Waals surface area contributed by atoms with E-state index in [1.165, 1.54) is 11.6 Å². The first-order valence-corrected chi connectivity index (χ1v) is 12.7. The number of halogens is 1. The first-order valence-electron chi connectivity index (χ1n) is 12.7. The Balaban J connectivity index is 1.26. The number of rotatable bonds is 11. The lowest BCUT2D eigenvalue weighted by molar-refractivity contribution is -0.146. The molecule has 5 nitrogen and oxygen atoms in total. The molecule has 0 bridgehead atoms. The van der Waals surface area contributed by atoms with E-state index in [9.17, 15) is 14.3 Å². The number of aliphatic carboxylic acids is 1. The van der Waals surface area contributed by atoms with Crippen molar-refractivity contribution in [2.75, 3.05) is 26.7 Å². The highest BCUT2D eigenvalue weighted by Gasteiger charge is 2.33. The van der Waals surface area contributed by atoms with E-state index >= 15 is 0 Å². The van der Waals surface area contributed by atoms with Crippen LogP contribution in [0.3, 0.4) is 0 Å². The Morgan fingerprint density at radius 2 is 1.94 bits per heavy atom. The van der Waals surface area contributed by atoms with Crippen molar-refractivity contribution in [1.29, 1.82) is 0 Å². The number of hydrogen-bond donors (Lipinski definition) is 1. The van der Waals surface area contributed by atoms with Gasteiger partial charge in [0.1, 0.15) is 11.6 Å². The van der Waals surface area contributed by atoms with Crippen LogP contribution in [0.4, 0.5) is 4.39 Å². The van der Waals surface area contributed by atoms with E-state index in [-0.39, 0.29) is 17.7 Å². The number of ether oxygens (including phenoxy) is 1. The summed E-state index contributed by atoms with van der Waals surface area (Å²) in [5, 5.41) is 11.0. The normalized spacial score (nSPS) is 18.6. The molecule has 2 atom stereocenters. The van der Waals surface area contributed by atoms with Crippen molar-refractivity contribution in [3.8, 4) is 5.75 Å². The summed E-state index contributed by atoms with van der Waals surface area (Å²) < 4.78 is 19.2. The monoisotopic (exact) mass is 478 g/mol. The molecule has 35 heavy (non-hydrogen) atoms. The predicted octanol–water partition coefficient (Wildman–Crippen LogP) is 5.75. The van der Waals surface area contributed by atoms with Gasteiger partial charge in [0.15, 0.2) is 0 Å². The van der Waals surface area contributed by atoms with E-state index in [0.29, 0.717) is 6.54 Å². The highest BCUT2D eigenvalue weighted by molar-refractivity contribution is 5.83. The van der Waals surface area contributed by atoms with Crippen LogP contribution in [0.2, 0.25) is 0 Å². The molecule has 3 aromatic rings. The number of carboxylic acids is 1. The minimum absolute atomic E-state index is 0.141. The van der Waals surface area contributed by atoms with Crippen LogP contribution in [0.5, 0.6) is 5.75 Å². The van der Waals surface area contributed by atoms with Gasteiger partial charge in [-0.05, 0) is 105 Å². The average Bonchev–Trinajstić information content (AvgIpc) is 2.88. The Morgan fingerprint density at radius 1 is 1.11 bits per heavy atom. The van der Waals surface area contributed by atoms with Crippen molar-refractivity contribution in [2.24, 2.45) is 11.8 Å². The highest BCUT2D eigenvalue weighted by atomic mass is 19.1. The Labute approximate surface area is 206 Å². The third-order valence-electron chi connectivity index (χ3n) is 7.35. The van der Waals surface area contributed by atoms with Crippen LogP contribution in [0.15, 0.2) is 54.7 Å². The molecule has 1 aromatic heterocycles. The molecule has 1 N–H and O–H groups in total. The van der Waals surface area contributed by atoms with Crippen molar-refractivity contribution in [1.82, 2.24) is 9.88 Å². The SMILES string of the molecule is COc1ccc2nccc(CCC[C@@H]3CCN(CCCCc4ccccc4F)C[C@@H]3C(=O)O)c2c1. The Hall–Kier alpha value is -2.99. The number of carboxylic acid groups (broad SMARTS) is 1. The number of carbonyl (C=O) groups is 1. The molecule has 0 radical (unpaired) electrons. The van der Waals surface area contributed by atoms with Crippen molar-refractivity contribution in [2.45, 2.75) is 44.9 Å². The first-order chi connectivity index (χ1) is 17.0. The highest BCUT2D eigenvalue weighted by Crippen LogP contribution is 2.30. The summed E-state index contributed by atoms with van der Waals surface area (Å²) in [7, 11) is 1.67. The second-order valence-electron chi connectivity index (χ2n) is 9.59. The van der Waals surface area contributed by atoms with E-state index < -0.39 is 5.97 Å². The molecule has 6 heteroatoms. The van der Waals surface area contributed by atoms with Crippen LogP contribution in [0.25, 0.3) is 10.9 Å². The van der Waals surface area contributed by atoms with Crippen LogP contribution in [0.1, 0.15) is 43.2 Å². The van der Waals surface area contributed by atoms with Gasteiger partial charge in [-0.2, -0.15) is 0 Å². The van der Waals surface area contributed by atoms with Crippen molar-refractivity contribution in [3.05, 3.63) is 71.7 Å². The zero-order valence-corrected chi connectivity index (χ0v) is 20.5. The van der Waals surface area contributed by atoms with Crippen molar-refractivity contribution in [3.63, 3.8) is 0 Å². The fourth-order valence-electron chi connectivity index (χ4n) is 5.33. The van der Waals surface area contributed by atoms with Gasteiger partial charge in [-0.25, -0.2) is 4.39 Å². The van der Waals surface area contributed by atoms with E-state index in [2.05, 4.69) is 16.0 Å². The minimum Gasteiger partial charge on any atom is -0.497 e. The van der Waals surface area contributed by atoms with Crippen LogP contribution >= 0.6 is 0 Å². The van der Waals surface area contributed by atoms with Gasteiger partial charge in [0.05, 0.1) is 18.5 Å². The van der Waals surface area contributed by atoms with E-state index in [1.54, 1.807) is 13.2 Å². The van der Waals surface area contributed by atoms with Gasteiger partial charge in [-0.3, -0.25) is 9.78 Å². The van der Waals surface area contributed by atoms with Gasteiger partial charge in [0.25, 0.3) is 0 Å². The smallest absolute Gasteiger partial charge is 0.308 e. The third-order valence-corrected chi connectivity index (χ3v) is 7.35. The lowest BCUT2D eigenvalue weighted by atomic mass is 9.81. The van der Waals surface area contributed by atoms with Crippen LogP contribution in [0, 0.1) is 17.7 Å². The van der Waals surface area contributed by atoms with Crippen LogP contribution in [-0.2, 0) is 17.6 Å². The van der Waals surface area contributed by atoms with E-state index in [4.69, 9.17) is 4.74 Å². The molecule has 1 aliphatic heterocycles. The lowest BCUT2D eigenvalue weighted by Gasteiger charge is -2.36. The second kappa shape index (κ2) is 12.1. The van der Waals surface area contributed by atoms with Crippen molar-refractivity contribution < 1.29 is 19.0 Å². The quantitative estimate of drug-likeness (QED) is 0.356. The molecule has 0 amide bonds. The minimum atomic E-state index is -0.690. The predicted molar refractivity (Wildman–Crippen MR) is 136 cm³/mol. The zero-order chi connectivity index (χ0) is 24.6. The summed E-state index contributed by atoms with van der Waals surface area (Å²) in [5.74, 6) is -0.142. The first kappa shape index (κ1) is 25.1. The number of aryl methyl sites for hydroxylation is 2. The molecule has 2 heterocycles. The fourth-order valence-corrected chi connectivity index (χ4v) is 5.33. The van der Waals surface area contributed by atoms with Crippen molar-refractivity contribution >= 4 is 16.9 Å². The summed E-state index contributed by atoms with van der Waals surface area (Å²) in [6.07, 6.45) is 8.09. The van der Waals surface area contributed by atoms with Gasteiger partial charge >= 0.3 is 5.97 Å². The number of aromatic nitrogens is 1. The van der Waals surface area contributed by atoms with Gasteiger partial charge in [-0.15, -0.1) is 0 Å². The number of pyridine rings is 1. The number of likely N-dealkylation sites (tertiary alicyclic amines) is 1.